The first kappa shape index (κ1) is 16.0. The Bertz CT molecular complexity index is 652. The van der Waals surface area contributed by atoms with Crippen molar-refractivity contribution in [2.24, 2.45) is 0 Å². The van der Waals surface area contributed by atoms with Gasteiger partial charge >= 0.3 is 0 Å². The van der Waals surface area contributed by atoms with Gasteiger partial charge in [-0.25, -0.2) is 4.98 Å². The number of nitrogens with one attached hydrogen (secondary N) is 2. The molecule has 0 aliphatic rings. The molecule has 116 valence electrons. The molecule has 2 rings (SSSR count). The average molecular weight is 319 g/mol. The molecule has 0 aliphatic heterocycles. The van der Waals surface area contributed by atoms with Crippen molar-refractivity contribution in [3.05, 3.63) is 29.6 Å². The minimum atomic E-state index is -0.176. The highest BCUT2D eigenvalue weighted by Gasteiger charge is 2.08. The number of hydrogen-bond donors (Lipinski definition) is 2. The van der Waals surface area contributed by atoms with Gasteiger partial charge in [0, 0.05) is 30.8 Å². The van der Waals surface area contributed by atoms with Crippen LogP contribution in [0.15, 0.2) is 29.6 Å². The summed E-state index contributed by atoms with van der Waals surface area (Å²) in [6.07, 6.45) is 0.219. The predicted octanol–water partition coefficient (Wildman–Crippen LogP) is 2.28. The lowest BCUT2D eigenvalue weighted by atomic mass is 10.2. The molecule has 1 heterocycles. The molecule has 0 fully saturated rings. The maximum Gasteiger partial charge on any atom is 0.227 e. The van der Waals surface area contributed by atoms with E-state index in [0.29, 0.717) is 11.7 Å². The highest BCUT2D eigenvalue weighted by Crippen LogP contribution is 2.26. The third-order valence-electron chi connectivity index (χ3n) is 2.86. The van der Waals surface area contributed by atoms with Crippen LogP contribution in [0.25, 0.3) is 11.3 Å². The standard InChI is InChI=1S/C15H17N3O3S/c1-10(19)16-8-7-14(20)18-15-17-13(9-22-15)11-3-5-12(21-2)6-4-11/h3-6,9H,7-8H2,1-2H3,(H,16,19)(H,17,18,20). The van der Waals surface area contributed by atoms with Crippen molar-refractivity contribution in [3.8, 4) is 17.0 Å². The van der Waals surface area contributed by atoms with Crippen molar-refractivity contribution in [3.63, 3.8) is 0 Å². The predicted molar refractivity (Wildman–Crippen MR) is 86.0 cm³/mol. The van der Waals surface area contributed by atoms with Crippen LogP contribution in [-0.4, -0.2) is 30.5 Å². The molecule has 0 unspecified atom stereocenters. The smallest absolute Gasteiger partial charge is 0.227 e. The molecule has 22 heavy (non-hydrogen) atoms. The van der Waals surface area contributed by atoms with E-state index in [9.17, 15) is 9.59 Å². The largest absolute Gasteiger partial charge is 0.497 e. The van der Waals surface area contributed by atoms with E-state index in [1.165, 1.54) is 18.3 Å². The monoisotopic (exact) mass is 319 g/mol. The number of hydrogen-bond acceptors (Lipinski definition) is 5. The van der Waals surface area contributed by atoms with Crippen LogP contribution in [0.4, 0.5) is 5.13 Å². The highest BCUT2D eigenvalue weighted by molar-refractivity contribution is 7.14. The number of aromatic nitrogens is 1. The number of carbonyl (C=O) groups is 2. The van der Waals surface area contributed by atoms with Gasteiger partial charge in [-0.1, -0.05) is 0 Å². The first-order valence-electron chi connectivity index (χ1n) is 6.72. The Morgan fingerprint density at radius 3 is 2.64 bits per heavy atom. The number of ether oxygens (including phenoxy) is 1. The molecule has 6 nitrogen and oxygen atoms in total. The second-order valence-electron chi connectivity index (χ2n) is 4.55. The lowest BCUT2D eigenvalue weighted by Gasteiger charge is -2.02. The molecule has 1 aromatic heterocycles. The second-order valence-corrected chi connectivity index (χ2v) is 5.41. The molecule has 0 spiro atoms. The van der Waals surface area contributed by atoms with Crippen LogP contribution < -0.4 is 15.4 Å². The van der Waals surface area contributed by atoms with E-state index in [2.05, 4.69) is 15.6 Å². The zero-order valence-electron chi connectivity index (χ0n) is 12.4. The van der Waals surface area contributed by atoms with E-state index in [1.807, 2.05) is 29.6 Å². The van der Waals surface area contributed by atoms with Crippen molar-refractivity contribution in [2.45, 2.75) is 13.3 Å². The third kappa shape index (κ3) is 4.56. The van der Waals surface area contributed by atoms with E-state index >= 15 is 0 Å². The van der Waals surface area contributed by atoms with Gasteiger partial charge in [0.25, 0.3) is 0 Å². The van der Waals surface area contributed by atoms with Gasteiger partial charge in [0.2, 0.25) is 11.8 Å². The molecule has 0 saturated carbocycles. The highest BCUT2D eigenvalue weighted by atomic mass is 32.1. The number of methoxy groups -OCH3 is 1. The van der Waals surface area contributed by atoms with Gasteiger partial charge in [0.15, 0.2) is 5.13 Å². The van der Waals surface area contributed by atoms with E-state index in [1.54, 1.807) is 7.11 Å². The Labute approximate surface area is 132 Å². The summed E-state index contributed by atoms with van der Waals surface area (Å²) in [5.74, 6) is 0.457. The average Bonchev–Trinajstić information content (AvgIpc) is 2.95. The SMILES string of the molecule is COc1ccc(-c2csc(NC(=O)CCNC(C)=O)n2)cc1. The number of anilines is 1. The Kier molecular flexibility index (Phi) is 5.48. The van der Waals surface area contributed by atoms with Crippen molar-refractivity contribution >= 4 is 28.3 Å². The Balaban J connectivity index is 1.93. The summed E-state index contributed by atoms with van der Waals surface area (Å²) in [6.45, 7) is 1.73. The first-order valence-corrected chi connectivity index (χ1v) is 7.60. The quantitative estimate of drug-likeness (QED) is 0.856. The van der Waals surface area contributed by atoms with Crippen molar-refractivity contribution in [1.29, 1.82) is 0 Å². The number of rotatable bonds is 6. The summed E-state index contributed by atoms with van der Waals surface area (Å²) in [7, 11) is 1.62. The fraction of sp³-hybridized carbons (Fsp3) is 0.267. The fourth-order valence-electron chi connectivity index (χ4n) is 1.76. The maximum absolute atomic E-state index is 11.7. The summed E-state index contributed by atoms with van der Waals surface area (Å²) >= 11 is 1.36. The Morgan fingerprint density at radius 1 is 1.27 bits per heavy atom. The van der Waals surface area contributed by atoms with Crippen LogP contribution in [0.5, 0.6) is 5.75 Å². The normalized spacial score (nSPS) is 10.1. The number of nitrogens with zero attached hydrogens (tertiary/aromatic N) is 1. The van der Waals surface area contributed by atoms with E-state index in [4.69, 9.17) is 4.74 Å². The minimum absolute atomic E-state index is 0.149. The molecule has 2 amide bonds. The van der Waals surface area contributed by atoms with Gasteiger partial charge in [0.05, 0.1) is 12.8 Å². The van der Waals surface area contributed by atoms with Crippen LogP contribution in [0.3, 0.4) is 0 Å². The van der Waals surface area contributed by atoms with Gasteiger partial charge < -0.3 is 15.4 Å². The van der Waals surface area contributed by atoms with Crippen molar-refractivity contribution < 1.29 is 14.3 Å². The van der Waals surface area contributed by atoms with Gasteiger partial charge in [-0.05, 0) is 24.3 Å². The molecule has 0 aliphatic carbocycles. The Morgan fingerprint density at radius 2 is 2.00 bits per heavy atom. The van der Waals surface area contributed by atoms with Crippen molar-refractivity contribution in [1.82, 2.24) is 10.3 Å². The molecule has 0 saturated heterocycles. The number of amides is 2. The van der Waals surface area contributed by atoms with E-state index in [-0.39, 0.29) is 18.2 Å². The third-order valence-corrected chi connectivity index (χ3v) is 3.62. The van der Waals surface area contributed by atoms with Gasteiger partial charge in [-0.15, -0.1) is 11.3 Å². The van der Waals surface area contributed by atoms with Crippen LogP contribution in [0.2, 0.25) is 0 Å². The summed E-state index contributed by atoms with van der Waals surface area (Å²) in [6, 6.07) is 7.55. The summed E-state index contributed by atoms with van der Waals surface area (Å²) in [5, 5.41) is 7.72. The van der Waals surface area contributed by atoms with E-state index in [0.717, 1.165) is 17.0 Å². The molecule has 0 radical (unpaired) electrons. The summed E-state index contributed by atoms with van der Waals surface area (Å²) in [5.41, 5.74) is 1.75. The topological polar surface area (TPSA) is 80.3 Å². The zero-order valence-corrected chi connectivity index (χ0v) is 13.2. The lowest BCUT2D eigenvalue weighted by molar-refractivity contribution is -0.119. The molecule has 1 aromatic carbocycles. The van der Waals surface area contributed by atoms with Gasteiger partial charge in [-0.2, -0.15) is 0 Å². The number of thiazole rings is 1. The molecule has 7 heteroatoms. The molecule has 0 atom stereocenters. The maximum atomic E-state index is 11.7. The lowest BCUT2D eigenvalue weighted by Crippen LogP contribution is -2.25. The van der Waals surface area contributed by atoms with Crippen LogP contribution >= 0.6 is 11.3 Å². The molecule has 2 N–H and O–H groups in total. The van der Waals surface area contributed by atoms with Gasteiger partial charge in [0.1, 0.15) is 5.75 Å². The number of benzene rings is 1. The second kappa shape index (κ2) is 7.56. The summed E-state index contributed by atoms with van der Waals surface area (Å²) < 4.78 is 5.11. The Hall–Kier alpha value is -2.41. The number of carbonyl (C=O) groups excluding carboxylic acids is 2. The first-order chi connectivity index (χ1) is 10.6. The van der Waals surface area contributed by atoms with Crippen LogP contribution in [0.1, 0.15) is 13.3 Å². The van der Waals surface area contributed by atoms with Gasteiger partial charge in [-0.3, -0.25) is 9.59 Å². The fourth-order valence-corrected chi connectivity index (χ4v) is 2.50. The van der Waals surface area contributed by atoms with E-state index < -0.39 is 0 Å². The van der Waals surface area contributed by atoms with Crippen LogP contribution in [0, 0.1) is 0 Å². The van der Waals surface area contributed by atoms with Crippen molar-refractivity contribution in [2.75, 3.05) is 19.0 Å². The molecular formula is C15H17N3O3S. The van der Waals surface area contributed by atoms with Crippen LogP contribution in [-0.2, 0) is 9.59 Å². The minimum Gasteiger partial charge on any atom is -0.497 e. The molecule has 0 bridgehead atoms. The zero-order chi connectivity index (χ0) is 15.9. The molecule has 2 aromatic rings. The molecular weight excluding hydrogens is 302 g/mol. The summed E-state index contributed by atoms with van der Waals surface area (Å²) in [4.78, 5) is 26.8.